The van der Waals surface area contributed by atoms with E-state index >= 15 is 0 Å². The van der Waals surface area contributed by atoms with E-state index in [1.807, 2.05) is 19.2 Å². The fourth-order valence-electron chi connectivity index (χ4n) is 3.17. The molecule has 3 rings (SSSR count). The second-order valence-electron chi connectivity index (χ2n) is 6.59. The minimum atomic E-state index is 0.0856. The number of halogens is 2. The van der Waals surface area contributed by atoms with E-state index in [0.29, 0.717) is 23.1 Å². The maximum absolute atomic E-state index is 12.6. The number of benzene rings is 2. The minimum Gasteiger partial charge on any atom is -0.497 e. The number of methoxy groups -OCH3 is 1. The van der Waals surface area contributed by atoms with Gasteiger partial charge >= 0.3 is 0 Å². The molecule has 1 aliphatic heterocycles. The van der Waals surface area contributed by atoms with Crippen LogP contribution in [-0.4, -0.2) is 43.0 Å². The van der Waals surface area contributed by atoms with Gasteiger partial charge in [-0.1, -0.05) is 35.3 Å². The van der Waals surface area contributed by atoms with Gasteiger partial charge in [-0.3, -0.25) is 9.69 Å². The first-order valence-corrected chi connectivity index (χ1v) is 9.28. The fraction of sp³-hybridized carbons (Fsp3) is 0.350. The summed E-state index contributed by atoms with van der Waals surface area (Å²) in [5, 5.41) is 1.03. The third-order valence-electron chi connectivity index (χ3n) is 4.69. The number of hydrogen-bond acceptors (Lipinski definition) is 3. The van der Waals surface area contributed by atoms with Crippen LogP contribution in [0.1, 0.15) is 16.7 Å². The molecule has 0 aromatic heterocycles. The van der Waals surface area contributed by atoms with E-state index in [-0.39, 0.29) is 5.91 Å². The summed E-state index contributed by atoms with van der Waals surface area (Å²) in [7, 11) is 3.48. The monoisotopic (exact) mass is 392 g/mol. The summed E-state index contributed by atoms with van der Waals surface area (Å²) in [5.74, 6) is 0.941. The molecule has 0 fully saturated rings. The lowest BCUT2D eigenvalue weighted by Crippen LogP contribution is -2.40. The molecule has 0 aliphatic carbocycles. The van der Waals surface area contributed by atoms with Crippen LogP contribution in [0.25, 0.3) is 0 Å². The minimum absolute atomic E-state index is 0.0856. The molecular formula is C20H22Cl2N2O2. The zero-order valence-corrected chi connectivity index (χ0v) is 16.5. The Hall–Kier alpha value is -1.75. The van der Waals surface area contributed by atoms with Crippen molar-refractivity contribution in [3.05, 3.63) is 63.1 Å². The van der Waals surface area contributed by atoms with Crippen LogP contribution in [0, 0.1) is 0 Å². The first-order valence-electron chi connectivity index (χ1n) is 8.52. The molecule has 2 aromatic carbocycles. The molecule has 0 unspecified atom stereocenters. The Bertz CT molecular complexity index is 810. The van der Waals surface area contributed by atoms with Gasteiger partial charge in [-0.05, 0) is 47.4 Å². The van der Waals surface area contributed by atoms with Gasteiger partial charge in [0.1, 0.15) is 5.75 Å². The molecule has 1 amide bonds. The number of likely N-dealkylation sites (N-methyl/N-ethyl adjacent to an activating group) is 1. The highest BCUT2D eigenvalue weighted by atomic mass is 35.5. The maximum Gasteiger partial charge on any atom is 0.236 e. The maximum atomic E-state index is 12.6. The van der Waals surface area contributed by atoms with Gasteiger partial charge in [0, 0.05) is 26.7 Å². The van der Waals surface area contributed by atoms with Crippen molar-refractivity contribution in [3.63, 3.8) is 0 Å². The molecule has 6 heteroatoms. The second kappa shape index (κ2) is 8.30. The lowest BCUT2D eigenvalue weighted by molar-refractivity contribution is -0.131. The number of hydrogen-bond donors (Lipinski definition) is 0. The molecule has 0 saturated heterocycles. The molecule has 26 heavy (non-hydrogen) atoms. The Morgan fingerprint density at radius 1 is 1.15 bits per heavy atom. The number of rotatable bonds is 5. The fourth-order valence-corrected chi connectivity index (χ4v) is 3.49. The smallest absolute Gasteiger partial charge is 0.236 e. The first-order chi connectivity index (χ1) is 12.5. The predicted molar refractivity (Wildman–Crippen MR) is 105 cm³/mol. The number of carbonyl (C=O) groups is 1. The molecule has 0 N–H and O–H groups in total. The second-order valence-corrected chi connectivity index (χ2v) is 7.41. The van der Waals surface area contributed by atoms with Crippen LogP contribution >= 0.6 is 23.2 Å². The lowest BCUT2D eigenvalue weighted by atomic mass is 9.99. The van der Waals surface area contributed by atoms with Gasteiger partial charge in [0.25, 0.3) is 0 Å². The molecule has 0 saturated carbocycles. The van der Waals surface area contributed by atoms with E-state index in [2.05, 4.69) is 17.0 Å². The summed E-state index contributed by atoms with van der Waals surface area (Å²) < 4.78 is 5.31. The van der Waals surface area contributed by atoms with E-state index < -0.39 is 0 Å². The van der Waals surface area contributed by atoms with Crippen molar-refractivity contribution in [2.24, 2.45) is 0 Å². The Morgan fingerprint density at radius 3 is 2.69 bits per heavy atom. The van der Waals surface area contributed by atoms with Crippen LogP contribution in [-0.2, 0) is 24.3 Å². The molecule has 1 aliphatic rings. The van der Waals surface area contributed by atoms with E-state index in [9.17, 15) is 4.79 Å². The normalized spacial score (nSPS) is 14.0. The van der Waals surface area contributed by atoms with E-state index in [1.165, 1.54) is 11.1 Å². The van der Waals surface area contributed by atoms with Gasteiger partial charge in [-0.25, -0.2) is 0 Å². The molecule has 0 bridgehead atoms. The van der Waals surface area contributed by atoms with Crippen LogP contribution in [0.4, 0.5) is 0 Å². The Morgan fingerprint density at radius 2 is 1.96 bits per heavy atom. The highest BCUT2D eigenvalue weighted by Gasteiger charge is 2.20. The van der Waals surface area contributed by atoms with E-state index in [4.69, 9.17) is 27.9 Å². The number of fused-ring (bicyclic) bond motifs is 1. The highest BCUT2D eigenvalue weighted by Crippen LogP contribution is 2.25. The summed E-state index contributed by atoms with van der Waals surface area (Å²) in [5.41, 5.74) is 3.53. The Balaban J connectivity index is 1.59. The average molecular weight is 393 g/mol. The molecule has 2 aromatic rings. The van der Waals surface area contributed by atoms with Crippen LogP contribution < -0.4 is 4.74 Å². The van der Waals surface area contributed by atoms with Crippen molar-refractivity contribution in [2.75, 3.05) is 27.2 Å². The average Bonchev–Trinajstić information content (AvgIpc) is 2.64. The Labute approximate surface area is 164 Å². The highest BCUT2D eigenvalue weighted by molar-refractivity contribution is 6.42. The molecule has 138 valence electrons. The van der Waals surface area contributed by atoms with Gasteiger partial charge in [0.2, 0.25) is 5.91 Å². The van der Waals surface area contributed by atoms with Crippen LogP contribution in [0.3, 0.4) is 0 Å². The van der Waals surface area contributed by atoms with Crippen LogP contribution in [0.2, 0.25) is 10.0 Å². The lowest BCUT2D eigenvalue weighted by Gasteiger charge is -2.30. The first kappa shape index (κ1) is 19.0. The quantitative estimate of drug-likeness (QED) is 0.770. The van der Waals surface area contributed by atoms with Gasteiger partial charge in [0.15, 0.2) is 0 Å². The number of carbonyl (C=O) groups excluding carboxylic acids is 1. The number of ether oxygens (including phenoxy) is 1. The van der Waals surface area contributed by atoms with Gasteiger partial charge in [0.05, 0.1) is 23.7 Å². The van der Waals surface area contributed by atoms with Gasteiger partial charge < -0.3 is 9.64 Å². The van der Waals surface area contributed by atoms with E-state index in [1.54, 1.807) is 24.1 Å². The zero-order valence-electron chi connectivity index (χ0n) is 15.0. The van der Waals surface area contributed by atoms with Gasteiger partial charge in [-0.2, -0.15) is 0 Å². The van der Waals surface area contributed by atoms with Crippen LogP contribution in [0.15, 0.2) is 36.4 Å². The van der Waals surface area contributed by atoms with Crippen molar-refractivity contribution in [2.45, 2.75) is 19.5 Å². The SMILES string of the molecule is COc1ccc2c(c1)CN(CC(=O)N(C)Cc1ccc(Cl)c(Cl)c1)CC2. The molecule has 1 heterocycles. The van der Waals surface area contributed by atoms with Crippen molar-refractivity contribution in [1.82, 2.24) is 9.80 Å². The summed E-state index contributed by atoms with van der Waals surface area (Å²) >= 11 is 12.0. The summed E-state index contributed by atoms with van der Waals surface area (Å²) in [4.78, 5) is 16.5. The molecule has 0 radical (unpaired) electrons. The summed E-state index contributed by atoms with van der Waals surface area (Å²) in [6.45, 7) is 2.55. The summed E-state index contributed by atoms with van der Waals surface area (Å²) in [6, 6.07) is 11.6. The van der Waals surface area contributed by atoms with Crippen LogP contribution in [0.5, 0.6) is 5.75 Å². The third kappa shape index (κ3) is 4.50. The molecule has 4 nitrogen and oxygen atoms in total. The molecule has 0 atom stereocenters. The summed E-state index contributed by atoms with van der Waals surface area (Å²) in [6.07, 6.45) is 0.948. The zero-order chi connectivity index (χ0) is 18.7. The topological polar surface area (TPSA) is 32.8 Å². The Kier molecular flexibility index (Phi) is 6.07. The standard InChI is InChI=1S/C20H22Cl2N2O2/c1-23(11-14-3-6-18(21)19(22)9-14)20(25)13-24-8-7-15-4-5-17(26-2)10-16(15)12-24/h3-6,9-10H,7-8,11-13H2,1-2H3. The van der Waals surface area contributed by atoms with Gasteiger partial charge in [-0.15, -0.1) is 0 Å². The van der Waals surface area contributed by atoms with Crippen molar-refractivity contribution in [3.8, 4) is 5.75 Å². The predicted octanol–water partition coefficient (Wildman–Crippen LogP) is 4.02. The largest absolute Gasteiger partial charge is 0.497 e. The number of nitrogens with zero attached hydrogens (tertiary/aromatic N) is 2. The third-order valence-corrected chi connectivity index (χ3v) is 5.43. The van der Waals surface area contributed by atoms with Crippen molar-refractivity contribution in [1.29, 1.82) is 0 Å². The van der Waals surface area contributed by atoms with E-state index in [0.717, 1.165) is 30.8 Å². The molecule has 0 spiro atoms. The number of amides is 1. The van der Waals surface area contributed by atoms with Crippen molar-refractivity contribution >= 4 is 29.1 Å². The molecular weight excluding hydrogens is 371 g/mol. The van der Waals surface area contributed by atoms with Crippen molar-refractivity contribution < 1.29 is 9.53 Å².